The topological polar surface area (TPSA) is 84.7 Å². The molecule has 152 valence electrons. The van der Waals surface area contributed by atoms with Crippen molar-refractivity contribution in [3.05, 3.63) is 65.7 Å². The van der Waals surface area contributed by atoms with Crippen LogP contribution in [0.3, 0.4) is 0 Å². The number of nitrogens with zero attached hydrogens (tertiary/aromatic N) is 4. The van der Waals surface area contributed by atoms with Crippen LogP contribution in [0.15, 0.2) is 48.8 Å². The maximum atomic E-state index is 12.7. The van der Waals surface area contributed by atoms with Crippen molar-refractivity contribution < 1.29 is 18.0 Å². The molecule has 7 nitrogen and oxygen atoms in total. The van der Waals surface area contributed by atoms with Gasteiger partial charge in [0.2, 0.25) is 5.91 Å². The summed E-state index contributed by atoms with van der Waals surface area (Å²) in [5, 5.41) is 9.87. The predicted octanol–water partition coefficient (Wildman–Crippen LogP) is 2.76. The van der Waals surface area contributed by atoms with Crippen LogP contribution in [-0.4, -0.2) is 38.7 Å². The van der Waals surface area contributed by atoms with Crippen molar-refractivity contribution in [2.75, 3.05) is 18.4 Å². The second kappa shape index (κ2) is 8.72. The molecule has 2 aromatic heterocycles. The van der Waals surface area contributed by atoms with Gasteiger partial charge >= 0.3 is 6.18 Å². The van der Waals surface area contributed by atoms with Crippen LogP contribution in [-0.2, 0) is 17.4 Å². The van der Waals surface area contributed by atoms with Gasteiger partial charge in [0, 0.05) is 31.5 Å². The maximum absolute atomic E-state index is 12.7. The molecule has 3 rings (SSSR count). The van der Waals surface area contributed by atoms with Crippen molar-refractivity contribution in [2.24, 2.45) is 0 Å². The number of nitrogens with one attached hydrogen (secondary N) is 2. The number of aromatic nitrogens is 4. The Bertz CT molecular complexity index is 972. The molecule has 3 aromatic rings. The second-order valence-corrected chi connectivity index (χ2v) is 6.26. The van der Waals surface area contributed by atoms with E-state index in [1.165, 1.54) is 12.1 Å². The zero-order chi connectivity index (χ0) is 20.9. The van der Waals surface area contributed by atoms with Crippen LogP contribution in [0, 0.1) is 6.92 Å². The van der Waals surface area contributed by atoms with Crippen molar-refractivity contribution in [1.29, 1.82) is 0 Å². The van der Waals surface area contributed by atoms with Crippen molar-refractivity contribution in [3.63, 3.8) is 0 Å². The van der Waals surface area contributed by atoms with E-state index in [0.717, 1.165) is 12.1 Å². The lowest BCUT2D eigenvalue weighted by Gasteiger charge is -2.10. The van der Waals surface area contributed by atoms with Crippen molar-refractivity contribution in [1.82, 2.24) is 25.1 Å². The maximum Gasteiger partial charge on any atom is 0.416 e. The van der Waals surface area contributed by atoms with Gasteiger partial charge < -0.3 is 10.6 Å². The summed E-state index contributed by atoms with van der Waals surface area (Å²) in [5.74, 6) is 1.39. The highest BCUT2D eigenvalue weighted by Crippen LogP contribution is 2.29. The summed E-state index contributed by atoms with van der Waals surface area (Å²) >= 11 is 0. The number of hydrogen-bond donors (Lipinski definition) is 2. The zero-order valence-corrected chi connectivity index (χ0v) is 15.6. The predicted molar refractivity (Wildman–Crippen MR) is 101 cm³/mol. The standard InChI is InChI=1S/C19H19F3N6O/c1-13-26-16(12-17(27-13)28-9-3-6-25-28)23-7-8-24-18(29)11-14-4-2-5-15(10-14)19(20,21)22/h2-6,9-10,12H,7-8,11H2,1H3,(H,24,29)(H,23,26,27). The monoisotopic (exact) mass is 404 g/mol. The largest absolute Gasteiger partial charge is 0.416 e. The Morgan fingerprint density at radius 1 is 1.14 bits per heavy atom. The second-order valence-electron chi connectivity index (χ2n) is 6.26. The molecule has 0 fully saturated rings. The fraction of sp³-hybridized carbons (Fsp3) is 0.263. The number of carbonyl (C=O) groups excluding carboxylic acids is 1. The van der Waals surface area contributed by atoms with Gasteiger partial charge in [-0.15, -0.1) is 0 Å². The van der Waals surface area contributed by atoms with Gasteiger partial charge in [-0.05, 0) is 24.6 Å². The number of hydrogen-bond acceptors (Lipinski definition) is 5. The molecule has 0 saturated heterocycles. The van der Waals surface area contributed by atoms with Gasteiger partial charge in [0.15, 0.2) is 5.82 Å². The van der Waals surface area contributed by atoms with E-state index >= 15 is 0 Å². The molecule has 0 bridgehead atoms. The third-order valence-corrected chi connectivity index (χ3v) is 3.94. The third-order valence-electron chi connectivity index (χ3n) is 3.94. The lowest BCUT2D eigenvalue weighted by molar-refractivity contribution is -0.137. The number of benzene rings is 1. The fourth-order valence-electron chi connectivity index (χ4n) is 2.66. The molecule has 2 heterocycles. The SMILES string of the molecule is Cc1nc(NCCNC(=O)Cc2cccc(C(F)(F)F)c2)cc(-n2cccn2)n1. The first-order chi connectivity index (χ1) is 13.8. The minimum atomic E-state index is -4.43. The van der Waals surface area contributed by atoms with Gasteiger partial charge in [-0.2, -0.15) is 18.3 Å². The minimum Gasteiger partial charge on any atom is -0.368 e. The number of amides is 1. The molecule has 29 heavy (non-hydrogen) atoms. The molecule has 0 saturated carbocycles. The van der Waals surface area contributed by atoms with E-state index < -0.39 is 11.7 Å². The lowest BCUT2D eigenvalue weighted by Crippen LogP contribution is -2.30. The minimum absolute atomic E-state index is 0.125. The Labute approximate surface area is 165 Å². The molecule has 0 atom stereocenters. The molecular weight excluding hydrogens is 385 g/mol. The number of rotatable bonds is 7. The summed E-state index contributed by atoms with van der Waals surface area (Å²) in [7, 11) is 0. The first kappa shape index (κ1) is 20.3. The van der Waals surface area contributed by atoms with Gasteiger partial charge in [-0.25, -0.2) is 14.6 Å². The highest BCUT2D eigenvalue weighted by atomic mass is 19.4. The molecule has 0 aliphatic rings. The molecule has 0 aliphatic heterocycles. The fourth-order valence-corrected chi connectivity index (χ4v) is 2.66. The highest BCUT2D eigenvalue weighted by Gasteiger charge is 2.30. The van der Waals surface area contributed by atoms with E-state index in [-0.39, 0.29) is 18.9 Å². The molecule has 0 unspecified atom stereocenters. The van der Waals surface area contributed by atoms with Crippen LogP contribution in [0.4, 0.5) is 19.0 Å². The molecule has 0 radical (unpaired) electrons. The van der Waals surface area contributed by atoms with Crippen LogP contribution < -0.4 is 10.6 Å². The summed E-state index contributed by atoms with van der Waals surface area (Å²) in [6, 6.07) is 8.26. The Kier molecular flexibility index (Phi) is 6.10. The first-order valence-electron chi connectivity index (χ1n) is 8.84. The molecular formula is C19H19F3N6O. The number of halogens is 3. The van der Waals surface area contributed by atoms with Crippen molar-refractivity contribution in [2.45, 2.75) is 19.5 Å². The van der Waals surface area contributed by atoms with Crippen LogP contribution in [0.25, 0.3) is 5.82 Å². The van der Waals surface area contributed by atoms with Crippen molar-refractivity contribution in [3.8, 4) is 5.82 Å². The van der Waals surface area contributed by atoms with Crippen LogP contribution >= 0.6 is 0 Å². The van der Waals surface area contributed by atoms with Gasteiger partial charge in [0.1, 0.15) is 11.6 Å². The summed E-state index contributed by atoms with van der Waals surface area (Å²) in [6.45, 7) is 2.44. The van der Waals surface area contributed by atoms with Crippen LogP contribution in [0.1, 0.15) is 17.0 Å². The third kappa shape index (κ3) is 5.77. The lowest BCUT2D eigenvalue weighted by atomic mass is 10.1. The summed E-state index contributed by atoms with van der Waals surface area (Å²) < 4.78 is 39.8. The van der Waals surface area contributed by atoms with Crippen molar-refractivity contribution >= 4 is 11.7 Å². The van der Waals surface area contributed by atoms with E-state index in [9.17, 15) is 18.0 Å². The van der Waals surface area contributed by atoms with E-state index in [0.29, 0.717) is 29.6 Å². The summed E-state index contributed by atoms with van der Waals surface area (Å²) in [6.07, 6.45) is -1.15. The van der Waals surface area contributed by atoms with Crippen LogP contribution in [0.5, 0.6) is 0 Å². The van der Waals surface area contributed by atoms with Gasteiger partial charge in [-0.3, -0.25) is 4.79 Å². The van der Waals surface area contributed by atoms with E-state index in [1.54, 1.807) is 36.1 Å². The number of alkyl halides is 3. The molecule has 2 N–H and O–H groups in total. The normalized spacial score (nSPS) is 11.3. The van der Waals surface area contributed by atoms with E-state index in [4.69, 9.17) is 0 Å². The quantitative estimate of drug-likeness (QED) is 0.592. The highest BCUT2D eigenvalue weighted by molar-refractivity contribution is 5.78. The molecule has 1 aromatic carbocycles. The smallest absolute Gasteiger partial charge is 0.368 e. The average molecular weight is 404 g/mol. The number of anilines is 1. The summed E-state index contributed by atoms with van der Waals surface area (Å²) in [5.41, 5.74) is -0.461. The molecule has 1 amide bonds. The van der Waals surface area contributed by atoms with Crippen LogP contribution in [0.2, 0.25) is 0 Å². The van der Waals surface area contributed by atoms with E-state index in [2.05, 4.69) is 25.7 Å². The van der Waals surface area contributed by atoms with Gasteiger partial charge in [0.05, 0.1) is 12.0 Å². The van der Waals surface area contributed by atoms with Gasteiger partial charge in [0.25, 0.3) is 0 Å². The molecule has 10 heteroatoms. The Morgan fingerprint density at radius 3 is 2.69 bits per heavy atom. The zero-order valence-electron chi connectivity index (χ0n) is 15.6. The Hall–Kier alpha value is -3.43. The molecule has 0 spiro atoms. The number of carbonyl (C=O) groups is 1. The average Bonchev–Trinajstić information content (AvgIpc) is 3.19. The van der Waals surface area contributed by atoms with Gasteiger partial charge in [-0.1, -0.05) is 18.2 Å². The molecule has 0 aliphatic carbocycles. The Balaban J connectivity index is 1.49. The number of aryl methyl sites for hydroxylation is 1. The first-order valence-corrected chi connectivity index (χ1v) is 8.84. The Morgan fingerprint density at radius 2 is 1.97 bits per heavy atom. The summed E-state index contributed by atoms with van der Waals surface area (Å²) in [4.78, 5) is 20.6. The van der Waals surface area contributed by atoms with E-state index in [1.807, 2.05) is 0 Å².